The van der Waals surface area contributed by atoms with Gasteiger partial charge < -0.3 is 9.47 Å². The number of alkyl halides is 3. The molecule has 0 radical (unpaired) electrons. The second kappa shape index (κ2) is 5.52. The highest BCUT2D eigenvalue weighted by Crippen LogP contribution is 2.23. The molecule has 0 fully saturated rings. The summed E-state index contributed by atoms with van der Waals surface area (Å²) in [7, 11) is 1.11. The molecule has 0 amide bonds. The number of halogens is 3. The highest BCUT2D eigenvalue weighted by atomic mass is 19.4. The lowest BCUT2D eigenvalue weighted by molar-refractivity contribution is -0.274. The van der Waals surface area contributed by atoms with Crippen LogP contribution < -0.4 is 4.74 Å². The summed E-state index contributed by atoms with van der Waals surface area (Å²) in [4.78, 5) is 22.3. The topological polar surface area (TPSA) is 52.6 Å². The zero-order valence-electron chi connectivity index (χ0n) is 9.28. The van der Waals surface area contributed by atoms with Gasteiger partial charge in [-0.15, -0.1) is 13.2 Å². The van der Waals surface area contributed by atoms with E-state index in [2.05, 4.69) is 9.47 Å². The summed E-state index contributed by atoms with van der Waals surface area (Å²) in [6.07, 6.45) is -5.37. The summed E-state index contributed by atoms with van der Waals surface area (Å²) >= 11 is 0. The number of methoxy groups -OCH3 is 1. The van der Waals surface area contributed by atoms with Crippen LogP contribution in [0, 0.1) is 0 Å². The van der Waals surface area contributed by atoms with Gasteiger partial charge in [-0.3, -0.25) is 9.59 Å². The third kappa shape index (κ3) is 4.44. The van der Waals surface area contributed by atoms with Crippen LogP contribution in [0.4, 0.5) is 13.2 Å². The van der Waals surface area contributed by atoms with Gasteiger partial charge in [-0.2, -0.15) is 0 Å². The normalized spacial score (nSPS) is 10.9. The van der Waals surface area contributed by atoms with E-state index in [1.54, 1.807) is 0 Å². The summed E-state index contributed by atoms with van der Waals surface area (Å²) in [5.74, 6) is -1.92. The Kier molecular flexibility index (Phi) is 4.30. The van der Waals surface area contributed by atoms with Crippen molar-refractivity contribution in [3.05, 3.63) is 29.8 Å². The van der Waals surface area contributed by atoms with Crippen molar-refractivity contribution in [2.75, 3.05) is 7.11 Å². The molecule has 1 rings (SSSR count). The predicted octanol–water partition coefficient (Wildman–Crippen LogP) is 2.33. The second-order valence-corrected chi connectivity index (χ2v) is 3.25. The van der Waals surface area contributed by atoms with Gasteiger partial charge in [0.15, 0.2) is 5.78 Å². The Morgan fingerprint density at radius 3 is 2.50 bits per heavy atom. The number of hydrogen-bond donors (Lipinski definition) is 0. The molecule has 0 N–H and O–H groups in total. The van der Waals surface area contributed by atoms with E-state index in [-0.39, 0.29) is 5.56 Å². The van der Waals surface area contributed by atoms with E-state index in [1.165, 1.54) is 12.1 Å². The van der Waals surface area contributed by atoms with Gasteiger partial charge in [0.2, 0.25) is 0 Å². The number of esters is 1. The number of Topliss-reactive ketones (excluding diaryl/α,β-unsaturated/α-hetero) is 1. The number of ether oxygens (including phenoxy) is 2. The van der Waals surface area contributed by atoms with E-state index in [0.29, 0.717) is 0 Å². The van der Waals surface area contributed by atoms with Gasteiger partial charge in [0.25, 0.3) is 0 Å². The highest BCUT2D eigenvalue weighted by Gasteiger charge is 2.31. The zero-order valence-corrected chi connectivity index (χ0v) is 9.28. The molecule has 0 spiro atoms. The molecular weight excluding hydrogens is 253 g/mol. The van der Waals surface area contributed by atoms with Crippen molar-refractivity contribution < 1.29 is 32.2 Å². The molecule has 1 aromatic carbocycles. The lowest BCUT2D eigenvalue weighted by Gasteiger charge is -2.09. The van der Waals surface area contributed by atoms with E-state index in [4.69, 9.17) is 0 Å². The molecule has 0 aliphatic carbocycles. The predicted molar refractivity (Wildman–Crippen MR) is 54.1 cm³/mol. The average molecular weight is 262 g/mol. The van der Waals surface area contributed by atoms with E-state index in [0.717, 1.165) is 19.2 Å². The number of hydrogen-bond acceptors (Lipinski definition) is 4. The zero-order chi connectivity index (χ0) is 13.8. The van der Waals surface area contributed by atoms with Gasteiger partial charge in [-0.05, 0) is 12.1 Å². The maximum atomic E-state index is 12.0. The first-order valence-electron chi connectivity index (χ1n) is 4.77. The summed E-state index contributed by atoms with van der Waals surface area (Å²) in [6.45, 7) is 0. The van der Waals surface area contributed by atoms with Gasteiger partial charge in [0.1, 0.15) is 12.2 Å². The van der Waals surface area contributed by atoms with Crippen molar-refractivity contribution >= 4 is 11.8 Å². The summed E-state index contributed by atoms with van der Waals surface area (Å²) < 4.78 is 43.8. The first-order chi connectivity index (χ1) is 8.31. The first-order valence-corrected chi connectivity index (χ1v) is 4.77. The molecule has 98 valence electrons. The maximum Gasteiger partial charge on any atom is 0.573 e. The molecule has 0 bridgehead atoms. The van der Waals surface area contributed by atoms with Crippen molar-refractivity contribution in [1.29, 1.82) is 0 Å². The molecule has 0 heterocycles. The fourth-order valence-corrected chi connectivity index (χ4v) is 1.17. The van der Waals surface area contributed by atoms with Crippen LogP contribution in [-0.2, 0) is 9.53 Å². The number of benzene rings is 1. The second-order valence-electron chi connectivity index (χ2n) is 3.25. The van der Waals surface area contributed by atoms with Gasteiger partial charge in [-0.1, -0.05) is 12.1 Å². The third-order valence-corrected chi connectivity index (χ3v) is 1.92. The molecule has 0 aliphatic heterocycles. The van der Waals surface area contributed by atoms with Crippen LogP contribution in [0.15, 0.2) is 24.3 Å². The quantitative estimate of drug-likeness (QED) is 0.474. The van der Waals surface area contributed by atoms with Crippen molar-refractivity contribution in [2.24, 2.45) is 0 Å². The largest absolute Gasteiger partial charge is 0.573 e. The SMILES string of the molecule is COC(=O)CC(=O)c1cccc(OC(F)(F)F)c1. The fraction of sp³-hybridized carbons (Fsp3) is 0.273. The molecule has 1 aromatic rings. The number of carbonyl (C=O) groups is 2. The Morgan fingerprint density at radius 2 is 1.94 bits per heavy atom. The van der Waals surface area contributed by atoms with Crippen LogP contribution in [0.3, 0.4) is 0 Å². The molecule has 18 heavy (non-hydrogen) atoms. The molecule has 0 aliphatic rings. The van der Waals surface area contributed by atoms with E-state index in [9.17, 15) is 22.8 Å². The standard InChI is InChI=1S/C11H9F3O4/c1-17-10(16)6-9(15)7-3-2-4-8(5-7)18-11(12,13)14/h2-5H,6H2,1H3. The van der Waals surface area contributed by atoms with Gasteiger partial charge in [0, 0.05) is 5.56 Å². The number of ketones is 1. The van der Waals surface area contributed by atoms with Crippen molar-refractivity contribution in [3.63, 3.8) is 0 Å². The van der Waals surface area contributed by atoms with E-state index < -0.39 is 30.3 Å². The molecule has 0 saturated carbocycles. The third-order valence-electron chi connectivity index (χ3n) is 1.92. The number of rotatable bonds is 4. The van der Waals surface area contributed by atoms with Gasteiger partial charge >= 0.3 is 12.3 Å². The molecule has 4 nitrogen and oxygen atoms in total. The van der Waals surface area contributed by atoms with Crippen molar-refractivity contribution in [1.82, 2.24) is 0 Å². The molecule has 0 unspecified atom stereocenters. The van der Waals surface area contributed by atoms with Crippen LogP contribution in [0.1, 0.15) is 16.8 Å². The maximum absolute atomic E-state index is 12.0. The lowest BCUT2D eigenvalue weighted by atomic mass is 10.1. The average Bonchev–Trinajstić information content (AvgIpc) is 2.26. The van der Waals surface area contributed by atoms with Crippen LogP contribution in [0.25, 0.3) is 0 Å². The minimum absolute atomic E-state index is 0.0536. The Morgan fingerprint density at radius 1 is 1.28 bits per heavy atom. The van der Waals surface area contributed by atoms with Crippen LogP contribution in [0.2, 0.25) is 0 Å². The Labute approximate surface area is 100 Å². The monoisotopic (exact) mass is 262 g/mol. The smallest absolute Gasteiger partial charge is 0.469 e. The van der Waals surface area contributed by atoms with Crippen LogP contribution >= 0.6 is 0 Å². The Balaban J connectivity index is 2.82. The molecule has 0 saturated heterocycles. The van der Waals surface area contributed by atoms with Crippen molar-refractivity contribution in [2.45, 2.75) is 12.8 Å². The van der Waals surface area contributed by atoms with Crippen LogP contribution in [0.5, 0.6) is 5.75 Å². The fourth-order valence-electron chi connectivity index (χ4n) is 1.17. The highest BCUT2D eigenvalue weighted by molar-refractivity contribution is 6.06. The minimum Gasteiger partial charge on any atom is -0.469 e. The van der Waals surface area contributed by atoms with Gasteiger partial charge in [-0.25, -0.2) is 0 Å². The first kappa shape index (κ1) is 14.0. The van der Waals surface area contributed by atoms with Crippen LogP contribution in [-0.4, -0.2) is 25.2 Å². The lowest BCUT2D eigenvalue weighted by Crippen LogP contribution is -2.17. The summed E-state index contributed by atoms with van der Waals surface area (Å²) in [5.41, 5.74) is -0.0536. The van der Waals surface area contributed by atoms with Gasteiger partial charge in [0.05, 0.1) is 7.11 Å². The Bertz CT molecular complexity index is 454. The number of carbonyl (C=O) groups excluding carboxylic acids is 2. The molecule has 0 aromatic heterocycles. The van der Waals surface area contributed by atoms with Crippen molar-refractivity contribution in [3.8, 4) is 5.75 Å². The molecular formula is C11H9F3O4. The Hall–Kier alpha value is -2.05. The molecule has 7 heteroatoms. The molecule has 0 atom stereocenters. The van der Waals surface area contributed by atoms with E-state index >= 15 is 0 Å². The van der Waals surface area contributed by atoms with E-state index in [1.807, 2.05) is 0 Å². The minimum atomic E-state index is -4.83. The summed E-state index contributed by atoms with van der Waals surface area (Å²) in [5, 5.41) is 0. The summed E-state index contributed by atoms with van der Waals surface area (Å²) in [6, 6.07) is 4.49.